The molecule has 0 bridgehead atoms. The van der Waals surface area contributed by atoms with Gasteiger partial charge in [0.25, 0.3) is 5.91 Å². The number of hydrogen-bond acceptors (Lipinski definition) is 4. The SMILES string of the molecule is COC[C@H](C)NC(=O)CC[C@@H]1NC(=O)c2ccccc2NC1=O. The van der Waals surface area contributed by atoms with Gasteiger partial charge in [-0.05, 0) is 25.5 Å². The largest absolute Gasteiger partial charge is 0.383 e. The van der Waals surface area contributed by atoms with Crippen LogP contribution >= 0.6 is 0 Å². The number of para-hydroxylation sites is 1. The van der Waals surface area contributed by atoms with Crippen molar-refractivity contribution < 1.29 is 19.1 Å². The Morgan fingerprint density at radius 1 is 1.35 bits per heavy atom. The van der Waals surface area contributed by atoms with Crippen LogP contribution in [0.4, 0.5) is 5.69 Å². The van der Waals surface area contributed by atoms with Crippen LogP contribution in [0.15, 0.2) is 24.3 Å². The molecule has 0 unspecified atom stereocenters. The van der Waals surface area contributed by atoms with Gasteiger partial charge in [-0.1, -0.05) is 12.1 Å². The van der Waals surface area contributed by atoms with Crippen molar-refractivity contribution in [1.29, 1.82) is 0 Å². The number of ether oxygens (including phenoxy) is 1. The van der Waals surface area contributed by atoms with Crippen molar-refractivity contribution in [1.82, 2.24) is 10.6 Å². The molecular formula is C16H21N3O4. The van der Waals surface area contributed by atoms with Gasteiger partial charge in [-0.15, -0.1) is 0 Å². The van der Waals surface area contributed by atoms with Crippen LogP contribution in [0.5, 0.6) is 0 Å². The molecule has 1 aromatic carbocycles. The molecule has 7 nitrogen and oxygen atoms in total. The van der Waals surface area contributed by atoms with Gasteiger partial charge in [0, 0.05) is 19.6 Å². The second-order valence-electron chi connectivity index (χ2n) is 5.52. The highest BCUT2D eigenvalue weighted by Gasteiger charge is 2.27. The maximum atomic E-state index is 12.2. The lowest BCUT2D eigenvalue weighted by atomic mass is 10.1. The van der Waals surface area contributed by atoms with E-state index in [-0.39, 0.29) is 36.6 Å². The highest BCUT2D eigenvalue weighted by Crippen LogP contribution is 2.19. The van der Waals surface area contributed by atoms with Crippen LogP contribution in [0.25, 0.3) is 0 Å². The smallest absolute Gasteiger partial charge is 0.254 e. The molecule has 1 aliphatic heterocycles. The highest BCUT2D eigenvalue weighted by molar-refractivity contribution is 6.09. The Balaban J connectivity index is 1.93. The molecule has 0 aliphatic carbocycles. The first-order chi connectivity index (χ1) is 11.0. The second kappa shape index (κ2) is 7.73. The van der Waals surface area contributed by atoms with Gasteiger partial charge in [0.05, 0.1) is 17.9 Å². The van der Waals surface area contributed by atoms with Crippen molar-refractivity contribution in [3.8, 4) is 0 Å². The molecule has 2 rings (SSSR count). The number of anilines is 1. The summed E-state index contributed by atoms with van der Waals surface area (Å²) in [7, 11) is 1.56. The van der Waals surface area contributed by atoms with E-state index < -0.39 is 6.04 Å². The summed E-state index contributed by atoms with van der Waals surface area (Å²) in [6.07, 6.45) is 0.375. The molecule has 3 amide bonds. The van der Waals surface area contributed by atoms with E-state index in [0.29, 0.717) is 17.9 Å². The molecule has 0 aromatic heterocycles. The van der Waals surface area contributed by atoms with Gasteiger partial charge in [0.15, 0.2) is 0 Å². The summed E-state index contributed by atoms with van der Waals surface area (Å²) in [5.41, 5.74) is 0.900. The Labute approximate surface area is 134 Å². The fourth-order valence-corrected chi connectivity index (χ4v) is 2.43. The Hall–Kier alpha value is -2.41. The van der Waals surface area contributed by atoms with Crippen molar-refractivity contribution in [2.24, 2.45) is 0 Å². The number of fused-ring (bicyclic) bond motifs is 1. The molecule has 0 fully saturated rings. The predicted molar refractivity (Wildman–Crippen MR) is 85.0 cm³/mol. The number of benzene rings is 1. The standard InChI is InChI=1S/C16H21N3O4/c1-10(9-23-2)17-14(20)8-7-13-16(22)18-12-6-4-3-5-11(12)15(21)19-13/h3-6,10,13H,7-9H2,1-2H3,(H,17,20)(H,18,22)(H,19,21)/t10-,13-/m0/s1. The third kappa shape index (κ3) is 4.53. The molecule has 2 atom stereocenters. The van der Waals surface area contributed by atoms with Crippen molar-refractivity contribution in [2.45, 2.75) is 31.8 Å². The zero-order valence-electron chi connectivity index (χ0n) is 13.2. The molecule has 124 valence electrons. The van der Waals surface area contributed by atoms with Crippen molar-refractivity contribution in [3.63, 3.8) is 0 Å². The van der Waals surface area contributed by atoms with E-state index in [0.717, 1.165) is 0 Å². The number of amides is 3. The first-order valence-corrected chi connectivity index (χ1v) is 7.50. The van der Waals surface area contributed by atoms with Gasteiger partial charge in [-0.25, -0.2) is 0 Å². The Morgan fingerprint density at radius 3 is 2.83 bits per heavy atom. The van der Waals surface area contributed by atoms with E-state index in [2.05, 4.69) is 16.0 Å². The molecule has 1 aromatic rings. The zero-order valence-corrected chi connectivity index (χ0v) is 13.2. The molecule has 0 radical (unpaired) electrons. The monoisotopic (exact) mass is 319 g/mol. The van der Waals surface area contributed by atoms with Gasteiger partial charge >= 0.3 is 0 Å². The number of hydrogen-bond donors (Lipinski definition) is 3. The third-order valence-electron chi connectivity index (χ3n) is 3.54. The van der Waals surface area contributed by atoms with Crippen molar-refractivity contribution in [3.05, 3.63) is 29.8 Å². The summed E-state index contributed by atoms with van der Waals surface area (Å²) in [6, 6.07) is 5.96. The van der Waals surface area contributed by atoms with Crippen LogP contribution in [0, 0.1) is 0 Å². The molecule has 0 saturated heterocycles. The van der Waals surface area contributed by atoms with E-state index in [1.54, 1.807) is 31.4 Å². The maximum Gasteiger partial charge on any atom is 0.254 e. The summed E-state index contributed by atoms with van der Waals surface area (Å²) in [5, 5.41) is 8.15. The highest BCUT2D eigenvalue weighted by atomic mass is 16.5. The molecule has 1 aliphatic rings. The van der Waals surface area contributed by atoms with Crippen LogP contribution in [0.3, 0.4) is 0 Å². The number of methoxy groups -OCH3 is 1. The number of nitrogens with one attached hydrogen (secondary N) is 3. The molecule has 7 heteroatoms. The van der Waals surface area contributed by atoms with E-state index in [4.69, 9.17) is 4.74 Å². The minimum atomic E-state index is -0.738. The third-order valence-corrected chi connectivity index (χ3v) is 3.54. The maximum absolute atomic E-state index is 12.2. The van der Waals surface area contributed by atoms with Crippen molar-refractivity contribution >= 4 is 23.4 Å². The van der Waals surface area contributed by atoms with Crippen LogP contribution in [-0.2, 0) is 14.3 Å². The van der Waals surface area contributed by atoms with E-state index in [1.165, 1.54) is 0 Å². The molecule has 3 N–H and O–H groups in total. The summed E-state index contributed by atoms with van der Waals surface area (Å²) in [4.78, 5) is 36.2. The zero-order chi connectivity index (χ0) is 16.8. The lowest BCUT2D eigenvalue weighted by Gasteiger charge is -2.16. The van der Waals surface area contributed by atoms with Crippen LogP contribution in [-0.4, -0.2) is 43.5 Å². The lowest BCUT2D eigenvalue weighted by molar-refractivity contribution is -0.122. The van der Waals surface area contributed by atoms with Crippen LogP contribution in [0.1, 0.15) is 30.1 Å². The van der Waals surface area contributed by atoms with Crippen LogP contribution in [0.2, 0.25) is 0 Å². The van der Waals surface area contributed by atoms with Gasteiger partial charge in [-0.3, -0.25) is 14.4 Å². The molecule has 0 saturated carbocycles. The fraction of sp³-hybridized carbons (Fsp3) is 0.438. The Kier molecular flexibility index (Phi) is 5.70. The summed E-state index contributed by atoms with van der Waals surface area (Å²) in [6.45, 7) is 2.25. The van der Waals surface area contributed by atoms with E-state index in [1.807, 2.05) is 6.92 Å². The van der Waals surface area contributed by atoms with E-state index in [9.17, 15) is 14.4 Å². The van der Waals surface area contributed by atoms with E-state index >= 15 is 0 Å². The van der Waals surface area contributed by atoms with Crippen LogP contribution < -0.4 is 16.0 Å². The number of carbonyl (C=O) groups is 3. The van der Waals surface area contributed by atoms with Gasteiger partial charge in [0.2, 0.25) is 11.8 Å². The molecule has 23 heavy (non-hydrogen) atoms. The minimum Gasteiger partial charge on any atom is -0.383 e. The van der Waals surface area contributed by atoms with Gasteiger partial charge in [0.1, 0.15) is 6.04 Å². The normalized spacial score (nSPS) is 18.3. The summed E-state index contributed by atoms with van der Waals surface area (Å²) >= 11 is 0. The Bertz CT molecular complexity index is 603. The molecule has 1 heterocycles. The average Bonchev–Trinajstić information content (AvgIpc) is 2.62. The molecule has 0 spiro atoms. The fourth-order valence-electron chi connectivity index (χ4n) is 2.43. The first kappa shape index (κ1) is 17.0. The summed E-state index contributed by atoms with van der Waals surface area (Å²) in [5.74, 6) is -0.823. The van der Waals surface area contributed by atoms with Crippen molar-refractivity contribution in [2.75, 3.05) is 19.0 Å². The number of rotatable bonds is 6. The topological polar surface area (TPSA) is 96.5 Å². The molecular weight excluding hydrogens is 298 g/mol. The first-order valence-electron chi connectivity index (χ1n) is 7.50. The quantitative estimate of drug-likeness (QED) is 0.718. The number of carbonyl (C=O) groups excluding carboxylic acids is 3. The van der Waals surface area contributed by atoms with Gasteiger partial charge in [-0.2, -0.15) is 0 Å². The minimum absolute atomic E-state index is 0.102. The van der Waals surface area contributed by atoms with Gasteiger partial charge < -0.3 is 20.7 Å². The average molecular weight is 319 g/mol. The summed E-state index contributed by atoms with van der Waals surface area (Å²) < 4.78 is 4.95. The predicted octanol–water partition coefficient (Wildman–Crippen LogP) is 0.668. The second-order valence-corrected chi connectivity index (χ2v) is 5.52. The lowest BCUT2D eigenvalue weighted by Crippen LogP contribution is -2.42. The Morgan fingerprint density at radius 2 is 2.09 bits per heavy atom.